The van der Waals surface area contributed by atoms with E-state index in [9.17, 15) is 0 Å². The van der Waals surface area contributed by atoms with Crippen LogP contribution in [0.15, 0.2) is 22.7 Å². The van der Waals surface area contributed by atoms with Gasteiger partial charge in [0.1, 0.15) is 0 Å². The van der Waals surface area contributed by atoms with Crippen LogP contribution in [0, 0.1) is 12.3 Å². The van der Waals surface area contributed by atoms with Crippen LogP contribution in [-0.4, -0.2) is 12.1 Å². The van der Waals surface area contributed by atoms with E-state index in [-0.39, 0.29) is 5.54 Å². The second kappa shape index (κ2) is 5.92. The summed E-state index contributed by atoms with van der Waals surface area (Å²) in [6.07, 6.45) is 10.9. The third kappa shape index (κ3) is 3.14. The molecule has 2 aliphatic rings. The molecule has 1 aromatic carbocycles. The Hall–Kier alpha value is -0.540. The van der Waals surface area contributed by atoms with E-state index in [1.54, 1.807) is 0 Å². The van der Waals surface area contributed by atoms with Gasteiger partial charge in [-0.05, 0) is 84.5 Å². The molecule has 2 nitrogen and oxygen atoms in total. The van der Waals surface area contributed by atoms with Crippen molar-refractivity contribution in [2.24, 2.45) is 11.1 Å². The molecule has 2 saturated carbocycles. The number of nitrogens with two attached hydrogens (primary N) is 1. The predicted molar refractivity (Wildman–Crippen MR) is 93.7 cm³/mol. The van der Waals surface area contributed by atoms with Crippen molar-refractivity contribution in [2.75, 3.05) is 11.9 Å². The highest BCUT2D eigenvalue weighted by atomic mass is 79.9. The Labute approximate surface area is 137 Å². The van der Waals surface area contributed by atoms with Crippen molar-refractivity contribution < 1.29 is 0 Å². The molecule has 0 aromatic heterocycles. The number of hydrogen-bond acceptors (Lipinski definition) is 2. The van der Waals surface area contributed by atoms with E-state index in [2.05, 4.69) is 46.4 Å². The predicted octanol–water partition coefficient (Wildman–Crippen LogP) is 5.00. The van der Waals surface area contributed by atoms with Crippen LogP contribution in [0.3, 0.4) is 0 Å². The van der Waals surface area contributed by atoms with Gasteiger partial charge in [0, 0.05) is 22.2 Å². The van der Waals surface area contributed by atoms with Crippen molar-refractivity contribution in [3.05, 3.63) is 28.2 Å². The molecule has 0 aliphatic heterocycles. The first-order valence-corrected chi connectivity index (χ1v) is 9.10. The van der Waals surface area contributed by atoms with E-state index in [1.165, 1.54) is 62.6 Å². The minimum atomic E-state index is 0.0875. The molecule has 1 aromatic rings. The van der Waals surface area contributed by atoms with Gasteiger partial charge in [0.05, 0.1) is 0 Å². The van der Waals surface area contributed by atoms with Crippen LogP contribution in [0.2, 0.25) is 0 Å². The van der Waals surface area contributed by atoms with Gasteiger partial charge in [0.15, 0.2) is 0 Å². The fraction of sp³-hybridized carbons (Fsp3) is 0.667. The van der Waals surface area contributed by atoms with Crippen molar-refractivity contribution in [1.82, 2.24) is 0 Å². The molecule has 0 saturated heterocycles. The third-order valence-corrected chi connectivity index (χ3v) is 6.54. The van der Waals surface area contributed by atoms with E-state index >= 15 is 0 Å². The minimum absolute atomic E-state index is 0.0875. The average molecular weight is 351 g/mol. The Morgan fingerprint density at radius 2 is 1.76 bits per heavy atom. The second-order valence-electron chi connectivity index (χ2n) is 7.30. The molecule has 1 spiro atoms. The van der Waals surface area contributed by atoms with Gasteiger partial charge in [-0.1, -0.05) is 18.9 Å². The zero-order valence-electron chi connectivity index (χ0n) is 13.1. The normalized spacial score (nSPS) is 23.4. The molecular formula is C18H27BrN2. The van der Waals surface area contributed by atoms with E-state index < -0.39 is 0 Å². The number of benzene rings is 1. The fourth-order valence-corrected chi connectivity index (χ4v) is 4.63. The van der Waals surface area contributed by atoms with Crippen LogP contribution >= 0.6 is 15.9 Å². The molecule has 2 fully saturated rings. The largest absolute Gasteiger partial charge is 0.377 e. The molecule has 3 N–H and O–H groups in total. The zero-order valence-corrected chi connectivity index (χ0v) is 14.6. The molecule has 21 heavy (non-hydrogen) atoms. The molecule has 0 radical (unpaired) electrons. The summed E-state index contributed by atoms with van der Waals surface area (Å²) in [6.45, 7) is 2.87. The summed E-state index contributed by atoms with van der Waals surface area (Å²) in [4.78, 5) is 0. The number of halogens is 1. The summed E-state index contributed by atoms with van der Waals surface area (Å²) >= 11 is 3.67. The highest BCUT2D eigenvalue weighted by molar-refractivity contribution is 9.10. The third-order valence-electron chi connectivity index (χ3n) is 5.84. The van der Waals surface area contributed by atoms with E-state index in [1.807, 2.05) is 0 Å². The van der Waals surface area contributed by atoms with E-state index in [4.69, 9.17) is 5.73 Å². The maximum Gasteiger partial charge on any atom is 0.0496 e. The number of aryl methyl sites for hydroxylation is 1. The van der Waals surface area contributed by atoms with Gasteiger partial charge < -0.3 is 11.1 Å². The first kappa shape index (κ1) is 15.4. The monoisotopic (exact) mass is 350 g/mol. The number of rotatable bonds is 3. The Morgan fingerprint density at radius 3 is 2.38 bits per heavy atom. The summed E-state index contributed by atoms with van der Waals surface area (Å²) < 4.78 is 1.14. The SMILES string of the molecule is Cc1ccc(Br)c(NC2(CN)CCC3(CCCC3)CC2)c1. The molecule has 0 atom stereocenters. The van der Waals surface area contributed by atoms with Gasteiger partial charge in [0.2, 0.25) is 0 Å². The average Bonchev–Trinajstić information content (AvgIpc) is 2.95. The van der Waals surface area contributed by atoms with Crippen LogP contribution in [0.25, 0.3) is 0 Å². The van der Waals surface area contributed by atoms with Crippen molar-refractivity contribution in [2.45, 2.75) is 63.8 Å². The molecule has 0 heterocycles. The van der Waals surface area contributed by atoms with Crippen molar-refractivity contribution in [1.29, 1.82) is 0 Å². The highest BCUT2D eigenvalue weighted by Gasteiger charge is 2.43. The van der Waals surface area contributed by atoms with E-state index in [0.717, 1.165) is 11.0 Å². The highest BCUT2D eigenvalue weighted by Crippen LogP contribution is 2.51. The lowest BCUT2D eigenvalue weighted by atomic mass is 9.66. The van der Waals surface area contributed by atoms with Crippen LogP contribution in [-0.2, 0) is 0 Å². The smallest absolute Gasteiger partial charge is 0.0496 e. The zero-order chi connectivity index (χ0) is 14.9. The van der Waals surface area contributed by atoms with Crippen LogP contribution in [0.1, 0.15) is 56.9 Å². The molecule has 2 aliphatic carbocycles. The van der Waals surface area contributed by atoms with Gasteiger partial charge in [-0.2, -0.15) is 0 Å². The number of anilines is 1. The summed E-state index contributed by atoms with van der Waals surface area (Å²) in [5.74, 6) is 0. The topological polar surface area (TPSA) is 38.0 Å². The quantitative estimate of drug-likeness (QED) is 0.804. The van der Waals surface area contributed by atoms with Gasteiger partial charge in [-0.15, -0.1) is 0 Å². The molecule has 0 amide bonds. The summed E-state index contributed by atoms with van der Waals surface area (Å²) in [6, 6.07) is 6.49. The second-order valence-corrected chi connectivity index (χ2v) is 8.15. The van der Waals surface area contributed by atoms with Gasteiger partial charge in [-0.25, -0.2) is 0 Å². The molecular weight excluding hydrogens is 324 g/mol. The Morgan fingerprint density at radius 1 is 1.10 bits per heavy atom. The lowest BCUT2D eigenvalue weighted by molar-refractivity contribution is 0.148. The number of hydrogen-bond donors (Lipinski definition) is 2. The lowest BCUT2D eigenvalue weighted by Gasteiger charge is -2.45. The number of nitrogens with one attached hydrogen (secondary N) is 1. The Kier molecular flexibility index (Phi) is 4.33. The Bertz CT molecular complexity index is 496. The van der Waals surface area contributed by atoms with Crippen LogP contribution < -0.4 is 11.1 Å². The van der Waals surface area contributed by atoms with Crippen molar-refractivity contribution in [3.63, 3.8) is 0 Å². The van der Waals surface area contributed by atoms with Crippen molar-refractivity contribution in [3.8, 4) is 0 Å². The Balaban J connectivity index is 1.74. The van der Waals surface area contributed by atoms with Crippen LogP contribution in [0.4, 0.5) is 5.69 Å². The molecule has 0 unspecified atom stereocenters. The molecule has 3 heteroatoms. The minimum Gasteiger partial charge on any atom is -0.377 e. The van der Waals surface area contributed by atoms with Crippen LogP contribution in [0.5, 0.6) is 0 Å². The molecule has 116 valence electrons. The molecule has 3 rings (SSSR count). The maximum absolute atomic E-state index is 6.18. The standard InChI is InChI=1S/C18H27BrN2/c1-14-4-5-15(19)16(12-14)21-18(13-20)10-8-17(9-11-18)6-2-3-7-17/h4-5,12,21H,2-3,6-11,13,20H2,1H3. The van der Waals surface area contributed by atoms with Crippen molar-refractivity contribution >= 4 is 21.6 Å². The first-order chi connectivity index (χ1) is 10.1. The summed E-state index contributed by atoms with van der Waals surface area (Å²) in [5.41, 5.74) is 9.41. The first-order valence-electron chi connectivity index (χ1n) is 8.31. The van der Waals surface area contributed by atoms with Gasteiger partial charge >= 0.3 is 0 Å². The summed E-state index contributed by atoms with van der Waals surface area (Å²) in [7, 11) is 0. The lowest BCUT2D eigenvalue weighted by Crippen LogP contribution is -2.50. The fourth-order valence-electron chi connectivity index (χ4n) is 4.28. The van der Waals surface area contributed by atoms with Gasteiger partial charge in [-0.3, -0.25) is 0 Å². The maximum atomic E-state index is 6.18. The molecule has 0 bridgehead atoms. The van der Waals surface area contributed by atoms with Gasteiger partial charge in [0.25, 0.3) is 0 Å². The summed E-state index contributed by atoms with van der Waals surface area (Å²) in [5, 5.41) is 3.79. The van der Waals surface area contributed by atoms with E-state index in [0.29, 0.717) is 5.41 Å².